The summed E-state index contributed by atoms with van der Waals surface area (Å²) >= 11 is 7.26. The third kappa shape index (κ3) is 4.15. The Morgan fingerprint density at radius 2 is 2.16 bits per heavy atom. The van der Waals surface area contributed by atoms with Gasteiger partial charge in [0.15, 0.2) is 0 Å². The van der Waals surface area contributed by atoms with Gasteiger partial charge in [-0.2, -0.15) is 0 Å². The molecule has 0 amide bonds. The molecule has 1 heterocycles. The van der Waals surface area contributed by atoms with Gasteiger partial charge in [0, 0.05) is 32.8 Å². The maximum Gasteiger partial charge on any atom is 0.270 e. The summed E-state index contributed by atoms with van der Waals surface area (Å²) in [6.07, 6.45) is 0.934. The third-order valence-corrected chi connectivity index (χ3v) is 5.06. The maximum atomic E-state index is 10.6. The molecule has 2 rings (SSSR count). The summed E-state index contributed by atoms with van der Waals surface area (Å²) < 4.78 is 1.99. The fourth-order valence-corrected chi connectivity index (χ4v) is 3.74. The molecule has 7 heteroatoms. The quantitative estimate of drug-likeness (QED) is 0.407. The van der Waals surface area contributed by atoms with Crippen LogP contribution in [0.25, 0.3) is 0 Å². The molecular weight excluding hydrogens is 443 g/mol. The Labute approximate surface area is 136 Å². The van der Waals surface area contributed by atoms with Gasteiger partial charge in [-0.25, -0.2) is 0 Å². The minimum atomic E-state index is -0.380. The number of hydrogen-bond acceptors (Lipinski definition) is 4. The minimum absolute atomic E-state index is 0.122. The highest BCUT2D eigenvalue weighted by Gasteiger charge is 2.08. The highest BCUT2D eigenvalue weighted by atomic mass is 127. The van der Waals surface area contributed by atoms with Crippen molar-refractivity contribution < 1.29 is 4.92 Å². The van der Waals surface area contributed by atoms with Gasteiger partial charge in [0.2, 0.25) is 0 Å². The van der Waals surface area contributed by atoms with Crippen molar-refractivity contribution in [3.05, 3.63) is 52.7 Å². The number of halogens is 2. The number of nitro groups is 1. The van der Waals surface area contributed by atoms with Crippen molar-refractivity contribution in [2.45, 2.75) is 6.42 Å². The third-order valence-electron chi connectivity index (χ3n) is 2.48. The van der Waals surface area contributed by atoms with Crippen LogP contribution >= 0.6 is 49.9 Å². The number of anilines is 1. The summed E-state index contributed by atoms with van der Waals surface area (Å²) in [5.74, 6) is 0. The van der Waals surface area contributed by atoms with Gasteiger partial charge < -0.3 is 5.32 Å². The van der Waals surface area contributed by atoms with E-state index in [1.807, 2.05) is 6.07 Å². The van der Waals surface area contributed by atoms with Crippen molar-refractivity contribution >= 4 is 61.2 Å². The average molecular weight is 453 g/mol. The summed E-state index contributed by atoms with van der Waals surface area (Å²) in [5.41, 5.74) is 1.05. The zero-order valence-corrected chi connectivity index (χ0v) is 14.3. The van der Waals surface area contributed by atoms with Crippen LogP contribution in [-0.4, -0.2) is 11.5 Å². The zero-order valence-electron chi connectivity index (χ0n) is 9.73. The maximum absolute atomic E-state index is 10.6. The molecule has 19 heavy (non-hydrogen) atoms. The Kier molecular flexibility index (Phi) is 5.17. The smallest absolute Gasteiger partial charge is 0.270 e. The van der Waals surface area contributed by atoms with Gasteiger partial charge in [0.05, 0.1) is 8.71 Å². The van der Waals surface area contributed by atoms with Crippen LogP contribution in [0, 0.1) is 13.7 Å². The second kappa shape index (κ2) is 6.67. The fourth-order valence-electron chi connectivity index (χ4n) is 1.57. The Morgan fingerprint density at radius 1 is 1.37 bits per heavy atom. The summed E-state index contributed by atoms with van der Waals surface area (Å²) in [7, 11) is 0. The highest BCUT2D eigenvalue weighted by molar-refractivity contribution is 14.1. The van der Waals surface area contributed by atoms with Crippen molar-refractivity contribution in [3.63, 3.8) is 0 Å². The number of rotatable bonds is 5. The lowest BCUT2D eigenvalue weighted by Crippen LogP contribution is -2.05. The number of nitrogens with zero attached hydrogens (tertiary/aromatic N) is 1. The van der Waals surface area contributed by atoms with Gasteiger partial charge in [-0.3, -0.25) is 10.1 Å². The van der Waals surface area contributed by atoms with Crippen LogP contribution in [0.3, 0.4) is 0 Å². The lowest BCUT2D eigenvalue weighted by atomic mass is 10.2. The molecule has 2 aromatic rings. The molecular formula is C12H10BrIN2O2S. The van der Waals surface area contributed by atoms with E-state index in [1.54, 1.807) is 23.5 Å². The summed E-state index contributed by atoms with van der Waals surface area (Å²) in [4.78, 5) is 11.6. The first-order valence-corrected chi connectivity index (χ1v) is 8.17. The predicted octanol–water partition coefficient (Wildman–Crippen LogP) is 4.68. The van der Waals surface area contributed by atoms with Crippen LogP contribution in [0.15, 0.2) is 34.1 Å². The molecule has 0 fully saturated rings. The highest BCUT2D eigenvalue weighted by Crippen LogP contribution is 2.25. The lowest BCUT2D eigenvalue weighted by molar-refractivity contribution is -0.384. The van der Waals surface area contributed by atoms with Gasteiger partial charge in [-0.15, -0.1) is 11.3 Å². The molecule has 0 aliphatic heterocycles. The Morgan fingerprint density at radius 3 is 2.74 bits per heavy atom. The first-order chi connectivity index (χ1) is 9.06. The second-order valence-electron chi connectivity index (χ2n) is 3.80. The first-order valence-electron chi connectivity index (χ1n) is 5.48. The molecule has 0 bridgehead atoms. The van der Waals surface area contributed by atoms with Crippen molar-refractivity contribution in [1.82, 2.24) is 0 Å². The van der Waals surface area contributed by atoms with Crippen molar-refractivity contribution in [3.8, 4) is 0 Å². The van der Waals surface area contributed by atoms with E-state index >= 15 is 0 Å². The minimum Gasteiger partial charge on any atom is -0.384 e. The molecule has 1 aromatic heterocycles. The van der Waals surface area contributed by atoms with Gasteiger partial charge in [0.25, 0.3) is 5.69 Å². The fraction of sp³-hybridized carbons (Fsp3) is 0.167. The summed E-state index contributed by atoms with van der Waals surface area (Å²) in [6, 6.07) is 8.98. The largest absolute Gasteiger partial charge is 0.384 e. The molecule has 0 aliphatic carbocycles. The van der Waals surface area contributed by atoms with E-state index in [-0.39, 0.29) is 10.6 Å². The summed E-state index contributed by atoms with van der Waals surface area (Å²) in [6.45, 7) is 0.806. The molecule has 0 aliphatic rings. The number of non-ortho nitro benzene ring substituents is 1. The molecule has 1 aromatic carbocycles. The van der Waals surface area contributed by atoms with Gasteiger partial charge in [-0.05, 0) is 63.1 Å². The molecule has 0 radical (unpaired) electrons. The van der Waals surface area contributed by atoms with E-state index in [1.165, 1.54) is 10.9 Å². The number of nitrogens with one attached hydrogen (secondary N) is 1. The Hall–Kier alpha value is -0.670. The number of nitro benzene ring substituents is 1. The standard InChI is InChI=1S/C12H10BrIN2O2S/c13-12-4-2-9(19-12)5-6-15-11-3-1-8(16(17)18)7-10(11)14/h1-4,7,15H,5-6H2. The van der Waals surface area contributed by atoms with Crippen LogP contribution in [0.5, 0.6) is 0 Å². The molecule has 0 atom stereocenters. The van der Waals surface area contributed by atoms with Crippen molar-refractivity contribution in [1.29, 1.82) is 0 Å². The molecule has 0 saturated heterocycles. The van der Waals surface area contributed by atoms with E-state index in [2.05, 4.69) is 49.9 Å². The SMILES string of the molecule is O=[N+]([O-])c1ccc(NCCc2ccc(Br)s2)c(I)c1. The van der Waals surface area contributed by atoms with E-state index < -0.39 is 0 Å². The summed E-state index contributed by atoms with van der Waals surface area (Å²) in [5, 5.41) is 13.9. The molecule has 0 spiro atoms. The molecule has 0 unspecified atom stereocenters. The number of hydrogen-bond donors (Lipinski definition) is 1. The van der Waals surface area contributed by atoms with Crippen LogP contribution in [0.4, 0.5) is 11.4 Å². The monoisotopic (exact) mass is 452 g/mol. The van der Waals surface area contributed by atoms with Crippen LogP contribution < -0.4 is 5.32 Å². The van der Waals surface area contributed by atoms with E-state index in [4.69, 9.17) is 0 Å². The van der Waals surface area contributed by atoms with Crippen molar-refractivity contribution in [2.75, 3.05) is 11.9 Å². The number of benzene rings is 1. The lowest BCUT2D eigenvalue weighted by Gasteiger charge is -2.07. The van der Waals surface area contributed by atoms with E-state index in [9.17, 15) is 10.1 Å². The molecule has 100 valence electrons. The van der Waals surface area contributed by atoms with Crippen LogP contribution in [0.1, 0.15) is 4.88 Å². The molecule has 1 N–H and O–H groups in total. The van der Waals surface area contributed by atoms with Gasteiger partial charge in [0.1, 0.15) is 0 Å². The van der Waals surface area contributed by atoms with Crippen molar-refractivity contribution in [2.24, 2.45) is 0 Å². The normalized spacial score (nSPS) is 10.4. The second-order valence-corrected chi connectivity index (χ2v) is 7.51. The topological polar surface area (TPSA) is 55.2 Å². The molecule has 4 nitrogen and oxygen atoms in total. The average Bonchev–Trinajstić information content (AvgIpc) is 2.77. The first kappa shape index (κ1) is 14.7. The predicted molar refractivity (Wildman–Crippen MR) is 90.0 cm³/mol. The van der Waals surface area contributed by atoms with Gasteiger partial charge in [-0.1, -0.05) is 0 Å². The van der Waals surface area contributed by atoms with Crippen LogP contribution in [-0.2, 0) is 6.42 Å². The molecule has 0 saturated carbocycles. The van der Waals surface area contributed by atoms with Gasteiger partial charge >= 0.3 is 0 Å². The van der Waals surface area contributed by atoms with E-state index in [0.29, 0.717) is 0 Å². The zero-order chi connectivity index (χ0) is 13.8. The van der Waals surface area contributed by atoms with Crippen LogP contribution in [0.2, 0.25) is 0 Å². The number of thiophene rings is 1. The Balaban J connectivity index is 1.94. The van der Waals surface area contributed by atoms with E-state index in [0.717, 1.165) is 26.0 Å². The Bertz CT molecular complexity index is 603.